The number of benzene rings is 3. The topological polar surface area (TPSA) is 50.4 Å². The first-order valence-corrected chi connectivity index (χ1v) is 10.0. The van der Waals surface area contributed by atoms with Gasteiger partial charge in [-0.05, 0) is 29.8 Å². The van der Waals surface area contributed by atoms with E-state index in [1.54, 1.807) is 24.3 Å². The lowest BCUT2D eigenvalue weighted by molar-refractivity contribution is -0.116. The van der Waals surface area contributed by atoms with E-state index in [9.17, 15) is 9.18 Å². The Labute approximate surface area is 172 Å². The lowest BCUT2D eigenvalue weighted by atomic mass is 10.2. The van der Waals surface area contributed by atoms with Crippen molar-refractivity contribution in [2.24, 2.45) is 0 Å². The van der Waals surface area contributed by atoms with Gasteiger partial charge in [0.15, 0.2) is 5.50 Å². The van der Waals surface area contributed by atoms with Crippen molar-refractivity contribution in [1.82, 2.24) is 5.32 Å². The molecule has 0 aromatic heterocycles. The van der Waals surface area contributed by atoms with Crippen molar-refractivity contribution >= 4 is 29.4 Å². The summed E-state index contributed by atoms with van der Waals surface area (Å²) in [6.07, 6.45) is 1.79. The number of nitrogens with one attached hydrogen (secondary N) is 2. The molecule has 146 valence electrons. The Morgan fingerprint density at radius 2 is 1.72 bits per heavy atom. The molecule has 1 atom stereocenters. The molecule has 2 N–H and O–H groups in total. The second-order valence-corrected chi connectivity index (χ2v) is 7.56. The van der Waals surface area contributed by atoms with E-state index in [4.69, 9.17) is 4.74 Å². The number of anilines is 1. The predicted molar refractivity (Wildman–Crippen MR) is 115 cm³/mol. The van der Waals surface area contributed by atoms with Crippen molar-refractivity contribution in [3.63, 3.8) is 0 Å². The molecule has 1 amide bonds. The molecular weight excluding hydrogens is 387 g/mol. The molecule has 1 heterocycles. The van der Waals surface area contributed by atoms with Crippen LogP contribution in [0.15, 0.2) is 83.8 Å². The minimum absolute atomic E-state index is 0.207. The monoisotopic (exact) mass is 406 g/mol. The fourth-order valence-corrected chi connectivity index (χ4v) is 3.86. The van der Waals surface area contributed by atoms with E-state index in [-0.39, 0.29) is 11.7 Å². The van der Waals surface area contributed by atoms with Gasteiger partial charge in [-0.2, -0.15) is 0 Å². The van der Waals surface area contributed by atoms with Crippen LogP contribution in [0.3, 0.4) is 0 Å². The van der Waals surface area contributed by atoms with Gasteiger partial charge < -0.3 is 15.4 Å². The highest BCUT2D eigenvalue weighted by molar-refractivity contribution is 8.05. The molecule has 1 aliphatic rings. The first-order chi connectivity index (χ1) is 14.2. The van der Waals surface area contributed by atoms with E-state index < -0.39 is 5.50 Å². The van der Waals surface area contributed by atoms with Crippen molar-refractivity contribution in [2.45, 2.75) is 12.1 Å². The summed E-state index contributed by atoms with van der Waals surface area (Å²) >= 11 is 1.31. The zero-order chi connectivity index (χ0) is 20.1. The van der Waals surface area contributed by atoms with Crippen LogP contribution in [-0.4, -0.2) is 11.4 Å². The molecule has 1 unspecified atom stereocenters. The zero-order valence-electron chi connectivity index (χ0n) is 15.5. The summed E-state index contributed by atoms with van der Waals surface area (Å²) in [7, 11) is 0. The lowest BCUT2D eigenvalue weighted by Crippen LogP contribution is -2.31. The molecular formula is C23H19FN2O2S. The highest BCUT2D eigenvalue weighted by atomic mass is 32.2. The van der Waals surface area contributed by atoms with E-state index in [2.05, 4.69) is 10.6 Å². The van der Waals surface area contributed by atoms with Crippen LogP contribution in [0.5, 0.6) is 5.75 Å². The molecule has 1 saturated heterocycles. The maximum atomic E-state index is 13.8. The van der Waals surface area contributed by atoms with Crippen LogP contribution in [0, 0.1) is 5.82 Å². The molecule has 3 aromatic rings. The predicted octanol–water partition coefficient (Wildman–Crippen LogP) is 5.00. The van der Waals surface area contributed by atoms with E-state index in [1.807, 2.05) is 54.6 Å². The quantitative estimate of drug-likeness (QED) is 0.566. The van der Waals surface area contributed by atoms with Gasteiger partial charge in [0.2, 0.25) is 0 Å². The minimum atomic E-state index is -0.442. The van der Waals surface area contributed by atoms with Gasteiger partial charge in [-0.25, -0.2) is 4.39 Å². The van der Waals surface area contributed by atoms with Crippen LogP contribution in [0.1, 0.15) is 11.1 Å². The van der Waals surface area contributed by atoms with E-state index in [0.29, 0.717) is 22.9 Å². The van der Waals surface area contributed by atoms with Crippen LogP contribution < -0.4 is 15.4 Å². The average molecular weight is 406 g/mol. The number of halogens is 1. The van der Waals surface area contributed by atoms with Gasteiger partial charge in [-0.3, -0.25) is 4.79 Å². The van der Waals surface area contributed by atoms with E-state index in [1.165, 1.54) is 17.8 Å². The number of rotatable bonds is 6. The molecule has 0 spiro atoms. The number of amides is 1. The average Bonchev–Trinajstić information content (AvgIpc) is 3.08. The summed E-state index contributed by atoms with van der Waals surface area (Å²) in [4.78, 5) is 12.9. The smallest absolute Gasteiger partial charge is 0.260 e. The first kappa shape index (κ1) is 19.1. The number of thioether (sulfide) groups is 1. The van der Waals surface area contributed by atoms with Crippen molar-refractivity contribution in [3.8, 4) is 5.75 Å². The first-order valence-electron chi connectivity index (χ1n) is 9.15. The van der Waals surface area contributed by atoms with Gasteiger partial charge in [0.1, 0.15) is 18.2 Å². The van der Waals surface area contributed by atoms with Crippen molar-refractivity contribution in [3.05, 3.63) is 101 Å². The molecule has 29 heavy (non-hydrogen) atoms. The van der Waals surface area contributed by atoms with E-state index in [0.717, 1.165) is 11.1 Å². The SMILES string of the molecule is O=C1NC(Nc2ccccc2F)S/C1=C\c1ccccc1OCc1ccccc1. The number of para-hydroxylation sites is 2. The van der Waals surface area contributed by atoms with Crippen LogP contribution in [0.2, 0.25) is 0 Å². The molecule has 1 fully saturated rings. The molecule has 0 aliphatic carbocycles. The normalized spacial score (nSPS) is 17.2. The molecule has 1 aliphatic heterocycles. The molecule has 4 rings (SSSR count). The van der Waals surface area contributed by atoms with Crippen LogP contribution in [-0.2, 0) is 11.4 Å². The third-order valence-electron chi connectivity index (χ3n) is 4.33. The lowest BCUT2D eigenvalue weighted by Gasteiger charge is -2.13. The summed E-state index contributed by atoms with van der Waals surface area (Å²) in [5.41, 5.74) is 1.78. The number of hydrogen-bond donors (Lipinski definition) is 2. The van der Waals surface area contributed by atoms with Gasteiger partial charge in [0.05, 0.1) is 10.6 Å². The maximum Gasteiger partial charge on any atom is 0.260 e. The highest BCUT2D eigenvalue weighted by Gasteiger charge is 2.28. The van der Waals surface area contributed by atoms with Gasteiger partial charge in [0, 0.05) is 5.56 Å². The molecule has 0 bridgehead atoms. The Morgan fingerprint density at radius 3 is 2.55 bits per heavy atom. The number of carbonyl (C=O) groups is 1. The largest absolute Gasteiger partial charge is 0.488 e. The molecule has 3 aromatic carbocycles. The second kappa shape index (κ2) is 8.84. The second-order valence-electron chi connectivity index (χ2n) is 6.42. The fourth-order valence-electron chi connectivity index (χ4n) is 2.89. The Morgan fingerprint density at radius 1 is 1.00 bits per heavy atom. The van der Waals surface area contributed by atoms with Gasteiger partial charge in [0.25, 0.3) is 5.91 Å². The van der Waals surface area contributed by atoms with Gasteiger partial charge >= 0.3 is 0 Å². The van der Waals surface area contributed by atoms with Crippen LogP contribution in [0.25, 0.3) is 6.08 Å². The molecule has 0 radical (unpaired) electrons. The third-order valence-corrected chi connectivity index (χ3v) is 5.36. The minimum Gasteiger partial charge on any atom is -0.488 e. The Kier molecular flexibility index (Phi) is 5.81. The van der Waals surface area contributed by atoms with Gasteiger partial charge in [-0.1, -0.05) is 72.4 Å². The van der Waals surface area contributed by atoms with Crippen LogP contribution >= 0.6 is 11.8 Å². The number of ether oxygens (including phenoxy) is 1. The molecule has 4 nitrogen and oxygen atoms in total. The van der Waals surface area contributed by atoms with E-state index >= 15 is 0 Å². The Hall–Kier alpha value is -3.25. The van der Waals surface area contributed by atoms with Crippen molar-refractivity contribution in [2.75, 3.05) is 5.32 Å². The molecule has 6 heteroatoms. The summed E-state index contributed by atoms with van der Waals surface area (Å²) in [6.45, 7) is 0.442. The highest BCUT2D eigenvalue weighted by Crippen LogP contribution is 2.32. The van der Waals surface area contributed by atoms with Crippen molar-refractivity contribution in [1.29, 1.82) is 0 Å². The summed E-state index contributed by atoms with van der Waals surface area (Å²) in [6, 6.07) is 23.8. The van der Waals surface area contributed by atoms with Gasteiger partial charge in [-0.15, -0.1) is 0 Å². The molecule has 0 saturated carbocycles. The third kappa shape index (κ3) is 4.78. The summed E-state index contributed by atoms with van der Waals surface area (Å²) in [5.74, 6) is 0.129. The standard InChI is InChI=1S/C23H19FN2O2S/c24-18-11-5-6-12-19(18)25-23-26-22(27)21(29-23)14-17-10-4-7-13-20(17)28-15-16-8-2-1-3-9-16/h1-14,23,25H,15H2,(H,26,27)/b21-14-. The van der Waals surface area contributed by atoms with Crippen LogP contribution in [0.4, 0.5) is 10.1 Å². The maximum absolute atomic E-state index is 13.8. The Balaban J connectivity index is 1.48. The number of hydrogen-bond acceptors (Lipinski definition) is 4. The van der Waals surface area contributed by atoms with Crippen molar-refractivity contribution < 1.29 is 13.9 Å². The number of carbonyl (C=O) groups excluding carboxylic acids is 1. The Bertz CT molecular complexity index is 1040. The zero-order valence-corrected chi connectivity index (χ0v) is 16.3. The summed E-state index contributed by atoms with van der Waals surface area (Å²) in [5, 5.41) is 5.81. The summed E-state index contributed by atoms with van der Waals surface area (Å²) < 4.78 is 19.8. The fraction of sp³-hybridized carbons (Fsp3) is 0.0870.